The van der Waals surface area contributed by atoms with Gasteiger partial charge in [0.25, 0.3) is 0 Å². The van der Waals surface area contributed by atoms with Gasteiger partial charge in [-0.25, -0.2) is 9.97 Å². The number of rotatable bonds is 3. The molecule has 3 nitrogen and oxygen atoms in total. The van der Waals surface area contributed by atoms with Crippen molar-refractivity contribution < 1.29 is 0 Å². The quantitative estimate of drug-likeness (QED) is 0.195. The van der Waals surface area contributed by atoms with Crippen LogP contribution < -0.4 is 4.90 Å². The van der Waals surface area contributed by atoms with Crippen molar-refractivity contribution in [2.24, 2.45) is 0 Å². The molecule has 206 valence electrons. The molecule has 0 bridgehead atoms. The number of hydrogen-bond donors (Lipinski definition) is 0. The molecule has 0 N–H and O–H groups in total. The van der Waals surface area contributed by atoms with E-state index < -0.39 is 0 Å². The third kappa shape index (κ3) is 3.99. The zero-order valence-electron chi connectivity index (χ0n) is 23.7. The Hall–Kier alpha value is -5.45. The molecule has 8 aromatic rings. The Morgan fingerprint density at radius 3 is 2.05 bits per heavy atom. The Bertz CT molecular complexity index is 2380. The van der Waals surface area contributed by atoms with Crippen LogP contribution in [0, 0.1) is 0 Å². The first kappa shape index (κ1) is 25.1. The van der Waals surface area contributed by atoms with Crippen molar-refractivity contribution >= 4 is 61.3 Å². The summed E-state index contributed by atoms with van der Waals surface area (Å²) >= 11 is 1.80. The molecule has 0 saturated carbocycles. The first-order chi connectivity index (χ1) is 21.8. The zero-order valence-corrected chi connectivity index (χ0v) is 24.5. The highest BCUT2D eigenvalue weighted by Gasteiger charge is 2.25. The van der Waals surface area contributed by atoms with Crippen molar-refractivity contribution in [1.29, 1.82) is 0 Å². The van der Waals surface area contributed by atoms with Gasteiger partial charge >= 0.3 is 0 Å². The van der Waals surface area contributed by atoms with Crippen molar-refractivity contribution in [3.63, 3.8) is 0 Å². The maximum atomic E-state index is 5.33. The van der Waals surface area contributed by atoms with Crippen LogP contribution in [0.1, 0.15) is 0 Å². The molecule has 0 spiro atoms. The molecule has 0 fully saturated rings. The standard InChI is InChI=1S/C40H25N3S/c1-2-13-28(14-3-1)43-35-20-10-11-21-37(35)44-38-25-27(22-23-36(38)43)40-41-34-19-9-8-18-32(34)39(42-40)33-24-26-12-4-5-15-29(26)30-16-6-7-17-31(30)33/h1-25H. The first-order valence-corrected chi connectivity index (χ1v) is 15.6. The summed E-state index contributed by atoms with van der Waals surface area (Å²) < 4.78 is 0. The number of hydrogen-bond acceptors (Lipinski definition) is 4. The van der Waals surface area contributed by atoms with Gasteiger partial charge in [-0.05, 0) is 76.1 Å². The van der Waals surface area contributed by atoms with E-state index in [9.17, 15) is 0 Å². The maximum absolute atomic E-state index is 5.33. The van der Waals surface area contributed by atoms with Crippen molar-refractivity contribution in [2.75, 3.05) is 4.90 Å². The van der Waals surface area contributed by atoms with E-state index in [1.54, 1.807) is 11.8 Å². The number of anilines is 3. The molecule has 1 aliphatic rings. The molecular formula is C40H25N3S. The summed E-state index contributed by atoms with van der Waals surface area (Å²) in [7, 11) is 0. The minimum Gasteiger partial charge on any atom is -0.308 e. The maximum Gasteiger partial charge on any atom is 0.160 e. The third-order valence-corrected chi connectivity index (χ3v) is 9.54. The lowest BCUT2D eigenvalue weighted by atomic mass is 9.94. The lowest BCUT2D eigenvalue weighted by Crippen LogP contribution is -2.14. The summed E-state index contributed by atoms with van der Waals surface area (Å²) in [5.41, 5.74) is 7.50. The fraction of sp³-hybridized carbons (Fsp3) is 0. The first-order valence-electron chi connectivity index (χ1n) is 14.8. The molecule has 4 heteroatoms. The van der Waals surface area contributed by atoms with E-state index in [-0.39, 0.29) is 0 Å². The molecule has 0 radical (unpaired) electrons. The van der Waals surface area contributed by atoms with Crippen LogP contribution in [0.25, 0.3) is 55.1 Å². The summed E-state index contributed by atoms with van der Waals surface area (Å²) in [6, 6.07) is 53.7. The molecule has 9 rings (SSSR count). The van der Waals surface area contributed by atoms with Gasteiger partial charge < -0.3 is 4.90 Å². The van der Waals surface area contributed by atoms with Crippen LogP contribution in [0.4, 0.5) is 17.1 Å². The van der Waals surface area contributed by atoms with Gasteiger partial charge in [0, 0.05) is 32.0 Å². The van der Waals surface area contributed by atoms with Crippen LogP contribution in [0.15, 0.2) is 161 Å². The molecule has 0 unspecified atom stereocenters. The number of nitrogens with zero attached hydrogens (tertiary/aromatic N) is 3. The molecule has 0 atom stereocenters. The van der Waals surface area contributed by atoms with Crippen molar-refractivity contribution in [3.8, 4) is 22.6 Å². The molecule has 44 heavy (non-hydrogen) atoms. The van der Waals surface area contributed by atoms with E-state index in [1.165, 1.54) is 37.0 Å². The lowest BCUT2D eigenvalue weighted by Gasteiger charge is -2.33. The Balaban J connectivity index is 1.26. The van der Waals surface area contributed by atoms with Crippen LogP contribution in [0.5, 0.6) is 0 Å². The minimum absolute atomic E-state index is 0.726. The Morgan fingerprint density at radius 2 is 1.16 bits per heavy atom. The molecule has 2 heterocycles. The molecule has 0 aliphatic carbocycles. The fourth-order valence-corrected chi connectivity index (χ4v) is 7.51. The number of benzene rings is 7. The summed E-state index contributed by atoms with van der Waals surface area (Å²) in [5, 5.41) is 5.93. The topological polar surface area (TPSA) is 29.0 Å². The second kappa shape index (κ2) is 10.1. The summed E-state index contributed by atoms with van der Waals surface area (Å²) in [6.45, 7) is 0. The van der Waals surface area contributed by atoms with E-state index >= 15 is 0 Å². The van der Waals surface area contributed by atoms with E-state index in [0.29, 0.717) is 0 Å². The average Bonchev–Trinajstić information content (AvgIpc) is 3.10. The minimum atomic E-state index is 0.726. The summed E-state index contributed by atoms with van der Waals surface area (Å²) in [5.74, 6) is 0.726. The van der Waals surface area contributed by atoms with E-state index in [4.69, 9.17) is 9.97 Å². The molecule has 1 aliphatic heterocycles. The van der Waals surface area contributed by atoms with E-state index in [0.717, 1.165) is 44.9 Å². The van der Waals surface area contributed by atoms with Crippen molar-refractivity contribution in [2.45, 2.75) is 9.79 Å². The SMILES string of the molecule is c1ccc(N2c3ccccc3Sc3cc(-c4nc(-c5cc6ccccc6c6ccccc56)c5ccccc5n4)ccc32)cc1. The summed E-state index contributed by atoms with van der Waals surface area (Å²) in [4.78, 5) is 15.2. The smallest absolute Gasteiger partial charge is 0.160 e. The number of fused-ring (bicyclic) bond motifs is 6. The van der Waals surface area contributed by atoms with Gasteiger partial charge in [0.1, 0.15) is 0 Å². The second-order valence-electron chi connectivity index (χ2n) is 11.0. The van der Waals surface area contributed by atoms with Gasteiger partial charge in [0.2, 0.25) is 0 Å². The predicted octanol–water partition coefficient (Wildman–Crippen LogP) is 11.2. The molecule has 0 amide bonds. The number of para-hydroxylation sites is 3. The lowest BCUT2D eigenvalue weighted by molar-refractivity contribution is 1.16. The zero-order chi connectivity index (χ0) is 29.0. The highest BCUT2D eigenvalue weighted by atomic mass is 32.2. The van der Waals surface area contributed by atoms with Crippen LogP contribution in [-0.2, 0) is 0 Å². The van der Waals surface area contributed by atoms with Gasteiger partial charge in [-0.2, -0.15) is 0 Å². The van der Waals surface area contributed by atoms with E-state index in [2.05, 4.69) is 157 Å². The van der Waals surface area contributed by atoms with Gasteiger partial charge in [-0.1, -0.05) is 109 Å². The van der Waals surface area contributed by atoms with Crippen LogP contribution >= 0.6 is 11.8 Å². The van der Waals surface area contributed by atoms with Crippen LogP contribution in [-0.4, -0.2) is 9.97 Å². The van der Waals surface area contributed by atoms with Crippen LogP contribution in [0.2, 0.25) is 0 Å². The molecule has 1 aromatic heterocycles. The average molecular weight is 580 g/mol. The second-order valence-corrected chi connectivity index (χ2v) is 12.1. The molecular weight excluding hydrogens is 555 g/mol. The fourth-order valence-electron chi connectivity index (χ4n) is 6.41. The highest BCUT2D eigenvalue weighted by molar-refractivity contribution is 7.99. The van der Waals surface area contributed by atoms with Crippen molar-refractivity contribution in [1.82, 2.24) is 9.97 Å². The van der Waals surface area contributed by atoms with Gasteiger partial charge in [-0.15, -0.1) is 0 Å². The Kier molecular flexibility index (Phi) is 5.75. The van der Waals surface area contributed by atoms with Gasteiger partial charge in [-0.3, -0.25) is 0 Å². The normalized spacial score (nSPS) is 12.4. The monoisotopic (exact) mass is 579 g/mol. The van der Waals surface area contributed by atoms with Crippen LogP contribution in [0.3, 0.4) is 0 Å². The number of aromatic nitrogens is 2. The summed E-state index contributed by atoms with van der Waals surface area (Å²) in [6.07, 6.45) is 0. The Labute approximate surface area is 259 Å². The van der Waals surface area contributed by atoms with Gasteiger partial charge in [0.15, 0.2) is 5.82 Å². The third-order valence-electron chi connectivity index (χ3n) is 8.43. The van der Waals surface area contributed by atoms with Gasteiger partial charge in [0.05, 0.1) is 22.6 Å². The largest absolute Gasteiger partial charge is 0.308 e. The molecule has 0 saturated heterocycles. The molecule has 7 aromatic carbocycles. The Morgan fingerprint density at radius 1 is 0.477 bits per heavy atom. The van der Waals surface area contributed by atoms with Crippen molar-refractivity contribution in [3.05, 3.63) is 152 Å². The highest BCUT2D eigenvalue weighted by Crippen LogP contribution is 2.52. The predicted molar refractivity (Wildman–Crippen MR) is 184 cm³/mol. The van der Waals surface area contributed by atoms with E-state index in [1.807, 2.05) is 0 Å².